The Hall–Kier alpha value is -0.570. The first-order chi connectivity index (χ1) is 8.65. The number of carboxylic acids is 1. The Morgan fingerprint density at radius 1 is 1.28 bits per heavy atom. The number of hydrogen-bond acceptors (Lipinski definition) is 2. The van der Waals surface area contributed by atoms with Crippen LogP contribution in [0.15, 0.2) is 0 Å². The van der Waals surface area contributed by atoms with Gasteiger partial charge in [0.2, 0.25) is 0 Å². The summed E-state index contributed by atoms with van der Waals surface area (Å²) in [5.74, 6) is -0.297. The Labute approximate surface area is 111 Å². The lowest BCUT2D eigenvalue weighted by molar-refractivity contribution is -0.148. The van der Waals surface area contributed by atoms with Crippen molar-refractivity contribution in [1.82, 2.24) is 0 Å². The summed E-state index contributed by atoms with van der Waals surface area (Å²) in [6, 6.07) is 0. The van der Waals surface area contributed by atoms with Gasteiger partial charge in [0.1, 0.15) is 0 Å². The molecule has 18 heavy (non-hydrogen) atoms. The first-order valence-electron chi connectivity index (χ1n) is 7.49. The number of carboxylic acid groups (broad SMARTS) is 1. The van der Waals surface area contributed by atoms with Crippen molar-refractivity contribution in [3.8, 4) is 0 Å². The minimum Gasteiger partial charge on any atom is -0.481 e. The fourth-order valence-electron chi connectivity index (χ4n) is 2.56. The lowest BCUT2D eigenvalue weighted by Gasteiger charge is -2.27. The average molecular weight is 256 g/mol. The molecule has 1 aliphatic carbocycles. The molecule has 0 aliphatic heterocycles. The second-order valence-electron chi connectivity index (χ2n) is 5.65. The summed E-state index contributed by atoms with van der Waals surface area (Å²) < 4.78 is 5.88. The number of aliphatic carboxylic acids is 1. The molecule has 0 radical (unpaired) electrons. The predicted octanol–water partition coefficient (Wildman–Crippen LogP) is 3.86. The molecule has 0 aromatic heterocycles. The lowest BCUT2D eigenvalue weighted by Crippen LogP contribution is -2.32. The SMILES string of the molecule is CCC(C)CCOC1CCCCCCC1C(=O)O. The van der Waals surface area contributed by atoms with E-state index in [1.807, 2.05) is 0 Å². The fraction of sp³-hybridized carbons (Fsp3) is 0.933. The molecule has 0 bridgehead atoms. The van der Waals surface area contributed by atoms with Gasteiger partial charge in [0, 0.05) is 6.61 Å². The van der Waals surface area contributed by atoms with Gasteiger partial charge in [0.25, 0.3) is 0 Å². The monoisotopic (exact) mass is 256 g/mol. The summed E-state index contributed by atoms with van der Waals surface area (Å²) in [7, 11) is 0. The quantitative estimate of drug-likeness (QED) is 0.785. The summed E-state index contributed by atoms with van der Waals surface area (Å²) >= 11 is 0. The summed E-state index contributed by atoms with van der Waals surface area (Å²) in [5.41, 5.74) is 0. The van der Waals surface area contributed by atoms with Crippen LogP contribution in [0, 0.1) is 11.8 Å². The van der Waals surface area contributed by atoms with Gasteiger partial charge in [-0.25, -0.2) is 0 Å². The smallest absolute Gasteiger partial charge is 0.309 e. The molecule has 3 unspecified atom stereocenters. The van der Waals surface area contributed by atoms with Crippen LogP contribution in [-0.4, -0.2) is 23.8 Å². The van der Waals surface area contributed by atoms with Gasteiger partial charge >= 0.3 is 5.97 Å². The minimum absolute atomic E-state index is 0.0631. The van der Waals surface area contributed by atoms with Crippen molar-refractivity contribution in [3.05, 3.63) is 0 Å². The van der Waals surface area contributed by atoms with E-state index in [-0.39, 0.29) is 12.0 Å². The third kappa shape index (κ3) is 5.38. The van der Waals surface area contributed by atoms with Gasteiger partial charge in [-0.2, -0.15) is 0 Å². The first-order valence-corrected chi connectivity index (χ1v) is 7.49. The van der Waals surface area contributed by atoms with Crippen molar-refractivity contribution < 1.29 is 14.6 Å². The van der Waals surface area contributed by atoms with Gasteiger partial charge < -0.3 is 9.84 Å². The topological polar surface area (TPSA) is 46.5 Å². The van der Waals surface area contributed by atoms with E-state index in [2.05, 4.69) is 13.8 Å². The standard InChI is InChI=1S/C15H28O3/c1-3-12(2)10-11-18-14-9-7-5-4-6-8-13(14)15(16)17/h12-14H,3-11H2,1-2H3,(H,16,17). The van der Waals surface area contributed by atoms with E-state index >= 15 is 0 Å². The molecule has 3 heteroatoms. The van der Waals surface area contributed by atoms with Crippen molar-refractivity contribution in [1.29, 1.82) is 0 Å². The van der Waals surface area contributed by atoms with Gasteiger partial charge in [0.05, 0.1) is 12.0 Å². The molecule has 1 rings (SSSR count). The highest BCUT2D eigenvalue weighted by atomic mass is 16.5. The molecule has 1 aliphatic rings. The Balaban J connectivity index is 2.42. The Kier molecular flexibility index (Phi) is 7.33. The minimum atomic E-state index is -0.676. The summed E-state index contributed by atoms with van der Waals surface area (Å²) in [6.45, 7) is 5.11. The normalized spacial score (nSPS) is 27.2. The number of ether oxygens (including phenoxy) is 1. The zero-order valence-corrected chi connectivity index (χ0v) is 11.9. The second kappa shape index (κ2) is 8.52. The Morgan fingerprint density at radius 2 is 1.94 bits per heavy atom. The van der Waals surface area contributed by atoms with E-state index in [9.17, 15) is 9.90 Å². The third-order valence-electron chi connectivity index (χ3n) is 4.16. The van der Waals surface area contributed by atoms with Crippen LogP contribution < -0.4 is 0 Å². The largest absolute Gasteiger partial charge is 0.481 e. The van der Waals surface area contributed by atoms with Gasteiger partial charge in [-0.05, 0) is 25.2 Å². The molecule has 0 spiro atoms. The van der Waals surface area contributed by atoms with Crippen molar-refractivity contribution in [2.75, 3.05) is 6.61 Å². The average Bonchev–Trinajstić information content (AvgIpc) is 2.31. The van der Waals surface area contributed by atoms with Gasteiger partial charge in [-0.3, -0.25) is 4.79 Å². The van der Waals surface area contributed by atoms with Crippen molar-refractivity contribution in [3.63, 3.8) is 0 Å². The fourth-order valence-corrected chi connectivity index (χ4v) is 2.56. The first kappa shape index (κ1) is 15.5. The number of rotatable bonds is 6. The molecule has 3 atom stereocenters. The summed E-state index contributed by atoms with van der Waals surface area (Å²) in [5, 5.41) is 9.30. The lowest BCUT2D eigenvalue weighted by atomic mass is 9.88. The van der Waals surface area contributed by atoms with E-state index < -0.39 is 5.97 Å². The molecule has 0 aromatic carbocycles. The van der Waals surface area contributed by atoms with Crippen molar-refractivity contribution in [2.45, 2.75) is 71.3 Å². The molecule has 0 aromatic rings. The van der Waals surface area contributed by atoms with Gasteiger partial charge in [-0.1, -0.05) is 46.0 Å². The van der Waals surface area contributed by atoms with Crippen molar-refractivity contribution in [2.24, 2.45) is 11.8 Å². The molecule has 3 nitrogen and oxygen atoms in total. The van der Waals surface area contributed by atoms with E-state index in [4.69, 9.17) is 4.74 Å². The second-order valence-corrected chi connectivity index (χ2v) is 5.65. The third-order valence-corrected chi connectivity index (χ3v) is 4.16. The van der Waals surface area contributed by atoms with Crippen LogP contribution in [0.25, 0.3) is 0 Å². The summed E-state index contributed by atoms with van der Waals surface area (Å²) in [4.78, 5) is 11.3. The molecule has 1 fully saturated rings. The predicted molar refractivity (Wildman–Crippen MR) is 72.6 cm³/mol. The van der Waals surface area contributed by atoms with Crippen LogP contribution in [0.4, 0.5) is 0 Å². The van der Waals surface area contributed by atoms with Crippen LogP contribution in [0.1, 0.15) is 65.2 Å². The zero-order valence-electron chi connectivity index (χ0n) is 11.9. The molecular formula is C15H28O3. The molecule has 0 saturated heterocycles. The van der Waals surface area contributed by atoms with Crippen molar-refractivity contribution >= 4 is 5.97 Å². The van der Waals surface area contributed by atoms with E-state index in [1.54, 1.807) is 0 Å². The Morgan fingerprint density at radius 3 is 2.56 bits per heavy atom. The molecule has 0 heterocycles. The van der Waals surface area contributed by atoms with E-state index in [0.29, 0.717) is 12.5 Å². The van der Waals surface area contributed by atoms with Crippen LogP contribution >= 0.6 is 0 Å². The molecule has 1 N–H and O–H groups in total. The summed E-state index contributed by atoms with van der Waals surface area (Å²) in [6.07, 6.45) is 8.36. The molecule has 106 valence electrons. The number of carbonyl (C=O) groups is 1. The maximum Gasteiger partial charge on any atom is 0.309 e. The maximum atomic E-state index is 11.3. The van der Waals surface area contributed by atoms with Gasteiger partial charge in [-0.15, -0.1) is 0 Å². The highest BCUT2D eigenvalue weighted by Crippen LogP contribution is 2.26. The van der Waals surface area contributed by atoms with Crippen LogP contribution in [-0.2, 0) is 9.53 Å². The number of hydrogen-bond donors (Lipinski definition) is 1. The van der Waals surface area contributed by atoms with E-state index in [1.165, 1.54) is 12.8 Å². The van der Waals surface area contributed by atoms with Crippen LogP contribution in [0.3, 0.4) is 0 Å². The van der Waals surface area contributed by atoms with Crippen LogP contribution in [0.5, 0.6) is 0 Å². The molecule has 0 amide bonds. The maximum absolute atomic E-state index is 11.3. The highest BCUT2D eigenvalue weighted by Gasteiger charge is 2.29. The zero-order chi connectivity index (χ0) is 13.4. The highest BCUT2D eigenvalue weighted by molar-refractivity contribution is 5.70. The molecule has 1 saturated carbocycles. The van der Waals surface area contributed by atoms with Crippen LogP contribution in [0.2, 0.25) is 0 Å². The Bertz CT molecular complexity index is 240. The van der Waals surface area contributed by atoms with Gasteiger partial charge in [0.15, 0.2) is 0 Å². The molecular weight excluding hydrogens is 228 g/mol. The van der Waals surface area contributed by atoms with E-state index in [0.717, 1.165) is 38.5 Å².